The Morgan fingerprint density at radius 1 is 0.643 bits per heavy atom. The molecule has 4 atom stereocenters. The molecule has 0 bridgehead atoms. The molecule has 0 aliphatic carbocycles. The first-order valence-electron chi connectivity index (χ1n) is 8.60. The molecule has 0 aliphatic rings. The lowest BCUT2D eigenvalue weighted by Crippen LogP contribution is -2.46. The van der Waals surface area contributed by atoms with E-state index in [-0.39, 0.29) is 13.1 Å². The number of nitrogens with zero attached hydrogens (tertiary/aromatic N) is 2. The van der Waals surface area contributed by atoms with Crippen LogP contribution < -0.4 is 0 Å². The average molecular weight is 425 g/mol. The van der Waals surface area contributed by atoms with Crippen molar-refractivity contribution in [1.82, 2.24) is 0 Å². The van der Waals surface area contributed by atoms with Gasteiger partial charge in [0, 0.05) is 22.5 Å². The third kappa shape index (κ3) is 7.31. The second-order valence-corrected chi connectivity index (χ2v) is 7.08. The maximum Gasteiger partial charge on any atom is 0.110 e. The molecule has 4 N–H and O–H groups in total. The van der Waals surface area contributed by atoms with Crippen molar-refractivity contribution in [2.45, 2.75) is 24.4 Å². The zero-order chi connectivity index (χ0) is 20.5. The van der Waals surface area contributed by atoms with Crippen molar-refractivity contribution in [2.75, 3.05) is 13.1 Å². The highest BCUT2D eigenvalue weighted by Gasteiger charge is 2.29. The Kier molecular flexibility index (Phi) is 9.05. The van der Waals surface area contributed by atoms with E-state index in [1.165, 1.54) is 12.4 Å². The van der Waals surface area contributed by atoms with Gasteiger partial charge in [0.25, 0.3) is 0 Å². The summed E-state index contributed by atoms with van der Waals surface area (Å²) in [6.45, 7) is -0.275. The lowest BCUT2D eigenvalue weighted by atomic mass is 10.0. The summed E-state index contributed by atoms with van der Waals surface area (Å²) < 4.78 is 0. The molecule has 0 saturated carbocycles. The molecule has 8 heteroatoms. The van der Waals surface area contributed by atoms with Crippen LogP contribution in [-0.2, 0) is 0 Å². The van der Waals surface area contributed by atoms with E-state index >= 15 is 0 Å². The normalized spacial score (nSPS) is 16.4. The molecule has 2 aromatic rings. The van der Waals surface area contributed by atoms with Crippen molar-refractivity contribution < 1.29 is 20.4 Å². The van der Waals surface area contributed by atoms with Crippen molar-refractivity contribution in [3.63, 3.8) is 0 Å². The number of aliphatic imine (C=N–C) groups is 2. The van der Waals surface area contributed by atoms with Crippen molar-refractivity contribution >= 4 is 35.6 Å². The Morgan fingerprint density at radius 2 is 0.964 bits per heavy atom. The van der Waals surface area contributed by atoms with E-state index in [1.807, 2.05) is 0 Å². The maximum atomic E-state index is 10.0. The van der Waals surface area contributed by atoms with Crippen LogP contribution in [0.4, 0.5) is 0 Å². The van der Waals surface area contributed by atoms with Gasteiger partial charge >= 0.3 is 0 Å². The Balaban J connectivity index is 1.81. The van der Waals surface area contributed by atoms with Gasteiger partial charge in [-0.2, -0.15) is 0 Å². The molecule has 0 spiro atoms. The molecule has 28 heavy (non-hydrogen) atoms. The third-order valence-electron chi connectivity index (χ3n) is 3.94. The Bertz CT molecular complexity index is 714. The van der Waals surface area contributed by atoms with Crippen LogP contribution in [0.3, 0.4) is 0 Å². The molecule has 150 valence electrons. The second-order valence-electron chi connectivity index (χ2n) is 6.21. The van der Waals surface area contributed by atoms with Crippen molar-refractivity contribution in [3.8, 4) is 0 Å². The topological polar surface area (TPSA) is 106 Å². The van der Waals surface area contributed by atoms with E-state index in [9.17, 15) is 20.4 Å². The van der Waals surface area contributed by atoms with E-state index in [0.717, 1.165) is 11.1 Å². The van der Waals surface area contributed by atoms with Gasteiger partial charge in [-0.25, -0.2) is 0 Å². The van der Waals surface area contributed by atoms with E-state index in [1.54, 1.807) is 48.5 Å². The zero-order valence-electron chi connectivity index (χ0n) is 14.9. The number of halogens is 2. The fraction of sp³-hybridized carbons (Fsp3) is 0.300. The minimum absolute atomic E-state index is 0.137. The van der Waals surface area contributed by atoms with Crippen molar-refractivity contribution in [2.24, 2.45) is 9.98 Å². The summed E-state index contributed by atoms with van der Waals surface area (Å²) in [5.41, 5.74) is 1.56. The number of hydrogen-bond donors (Lipinski definition) is 4. The van der Waals surface area contributed by atoms with Crippen LogP contribution in [0, 0.1) is 0 Å². The number of benzene rings is 2. The molecule has 0 aliphatic heterocycles. The predicted octanol–water partition coefficient (Wildman–Crippen LogP) is 1.97. The largest absolute Gasteiger partial charge is 0.388 e. The van der Waals surface area contributed by atoms with Crippen molar-refractivity contribution in [3.05, 3.63) is 69.7 Å². The molecular weight excluding hydrogens is 403 g/mol. The quantitative estimate of drug-likeness (QED) is 0.461. The molecule has 0 fully saturated rings. The summed E-state index contributed by atoms with van der Waals surface area (Å²) in [6.07, 6.45) is -2.77. The lowest BCUT2D eigenvalue weighted by molar-refractivity contribution is -0.0987. The monoisotopic (exact) mass is 424 g/mol. The van der Waals surface area contributed by atoms with Gasteiger partial charge in [0.1, 0.15) is 24.4 Å². The van der Waals surface area contributed by atoms with E-state index in [2.05, 4.69) is 9.98 Å². The first-order chi connectivity index (χ1) is 13.4. The first kappa shape index (κ1) is 22.5. The summed E-state index contributed by atoms with van der Waals surface area (Å²) in [4.78, 5) is 8.06. The molecule has 0 amide bonds. The second kappa shape index (κ2) is 11.3. The molecule has 0 unspecified atom stereocenters. The van der Waals surface area contributed by atoms with Gasteiger partial charge in [-0.15, -0.1) is 0 Å². The number of aliphatic hydroxyl groups excluding tert-OH is 4. The SMILES string of the molecule is O[C@@H]([C@H](O)[C@H](O)CN=Cc1ccc(Cl)cc1)[C@H](O)CN=Cc1ccc(Cl)cc1. The van der Waals surface area contributed by atoms with Crippen LogP contribution in [0.5, 0.6) is 0 Å². The first-order valence-corrected chi connectivity index (χ1v) is 9.35. The highest BCUT2D eigenvalue weighted by atomic mass is 35.5. The van der Waals surface area contributed by atoms with Crippen LogP contribution in [0.15, 0.2) is 58.5 Å². The predicted molar refractivity (Wildman–Crippen MR) is 112 cm³/mol. The third-order valence-corrected chi connectivity index (χ3v) is 4.45. The fourth-order valence-corrected chi connectivity index (χ4v) is 2.55. The van der Waals surface area contributed by atoms with Gasteiger partial charge in [-0.05, 0) is 35.4 Å². The van der Waals surface area contributed by atoms with Gasteiger partial charge in [0.05, 0.1) is 13.1 Å². The van der Waals surface area contributed by atoms with E-state index < -0.39 is 24.4 Å². The summed E-state index contributed by atoms with van der Waals surface area (Å²) in [5, 5.41) is 41.2. The molecule has 2 rings (SSSR count). The Hall–Kier alpha value is -1.80. The Morgan fingerprint density at radius 3 is 1.29 bits per heavy atom. The molecule has 0 saturated heterocycles. The molecular formula is C20H22Cl2N2O4. The van der Waals surface area contributed by atoms with E-state index in [4.69, 9.17) is 23.2 Å². The standard InChI is InChI=1S/C20H22Cl2N2O4/c21-15-5-1-13(2-6-15)9-23-11-17(25)19(27)20(28)18(26)12-24-10-14-3-7-16(22)8-4-14/h1-10,17-20,25-28H,11-12H2/t17-,18-,19-,20-/m1/s1. The summed E-state index contributed by atoms with van der Waals surface area (Å²) in [5.74, 6) is 0. The van der Waals surface area contributed by atoms with Crippen LogP contribution in [0.25, 0.3) is 0 Å². The molecule has 6 nitrogen and oxygen atoms in total. The zero-order valence-corrected chi connectivity index (χ0v) is 16.4. The summed E-state index contributed by atoms with van der Waals surface area (Å²) >= 11 is 11.6. The minimum atomic E-state index is -1.57. The van der Waals surface area contributed by atoms with E-state index in [0.29, 0.717) is 10.0 Å². The van der Waals surface area contributed by atoms with Gasteiger partial charge in [-0.1, -0.05) is 47.5 Å². The smallest absolute Gasteiger partial charge is 0.110 e. The Labute approximate surface area is 173 Å². The molecule has 0 heterocycles. The van der Waals surface area contributed by atoms with Gasteiger partial charge in [0.15, 0.2) is 0 Å². The highest BCUT2D eigenvalue weighted by Crippen LogP contribution is 2.10. The summed E-state index contributed by atoms with van der Waals surface area (Å²) in [6, 6.07) is 13.9. The number of rotatable bonds is 9. The molecule has 2 aromatic carbocycles. The maximum absolute atomic E-state index is 10.0. The van der Waals surface area contributed by atoms with Crippen LogP contribution in [-0.4, -0.2) is 70.4 Å². The minimum Gasteiger partial charge on any atom is -0.388 e. The summed E-state index contributed by atoms with van der Waals surface area (Å²) in [7, 11) is 0. The van der Waals surface area contributed by atoms with Crippen LogP contribution in [0.1, 0.15) is 11.1 Å². The molecule has 0 radical (unpaired) electrons. The molecule has 0 aromatic heterocycles. The van der Waals surface area contributed by atoms with Gasteiger partial charge < -0.3 is 20.4 Å². The van der Waals surface area contributed by atoms with Gasteiger partial charge in [-0.3, -0.25) is 9.98 Å². The number of hydrogen-bond acceptors (Lipinski definition) is 6. The van der Waals surface area contributed by atoms with Crippen molar-refractivity contribution in [1.29, 1.82) is 0 Å². The lowest BCUT2D eigenvalue weighted by Gasteiger charge is -2.24. The average Bonchev–Trinajstić information content (AvgIpc) is 2.69. The number of aliphatic hydroxyl groups is 4. The van der Waals surface area contributed by atoms with Gasteiger partial charge in [0.2, 0.25) is 0 Å². The van der Waals surface area contributed by atoms with Crippen LogP contribution in [0.2, 0.25) is 10.0 Å². The fourth-order valence-electron chi connectivity index (χ4n) is 2.30. The highest BCUT2D eigenvalue weighted by molar-refractivity contribution is 6.30. The van der Waals surface area contributed by atoms with Crippen LogP contribution >= 0.6 is 23.2 Å².